The Hall–Kier alpha value is -3.26. The van der Waals surface area contributed by atoms with Gasteiger partial charge in [0.25, 0.3) is 11.5 Å². The Morgan fingerprint density at radius 2 is 1.94 bits per heavy atom. The molecule has 2 heterocycles. The summed E-state index contributed by atoms with van der Waals surface area (Å²) in [5.41, 5.74) is 0.196. The topological polar surface area (TPSA) is 113 Å². The first-order valence-electron chi connectivity index (χ1n) is 11.6. The van der Waals surface area contributed by atoms with Crippen LogP contribution in [-0.4, -0.2) is 50.3 Å². The molecule has 2 aromatic rings. The third kappa shape index (κ3) is 6.10. The highest BCUT2D eigenvalue weighted by Gasteiger charge is 2.32. The second-order valence-electron chi connectivity index (χ2n) is 8.09. The largest absolute Gasteiger partial charge is 0.494 e. The van der Waals surface area contributed by atoms with Gasteiger partial charge in [-0.05, 0) is 43.9 Å². The van der Waals surface area contributed by atoms with Crippen LogP contribution in [0.5, 0.6) is 5.88 Å². The molecule has 10 heteroatoms. The van der Waals surface area contributed by atoms with Gasteiger partial charge in [0.15, 0.2) is 5.78 Å². The van der Waals surface area contributed by atoms with Crippen molar-refractivity contribution in [3.8, 4) is 11.9 Å². The van der Waals surface area contributed by atoms with Gasteiger partial charge in [0.2, 0.25) is 5.88 Å². The van der Waals surface area contributed by atoms with E-state index in [1.165, 1.54) is 23.6 Å². The summed E-state index contributed by atoms with van der Waals surface area (Å²) < 4.78 is 6.75. The van der Waals surface area contributed by atoms with Gasteiger partial charge >= 0.3 is 0 Å². The quantitative estimate of drug-likeness (QED) is 0.203. The maximum atomic E-state index is 13.1. The number of pyridine rings is 1. The molecule has 8 nitrogen and oxygen atoms in total. The number of thiocarbonyl (C=S) groups is 1. The predicted octanol–water partition coefficient (Wildman–Crippen LogP) is 4.02. The van der Waals surface area contributed by atoms with E-state index in [0.717, 1.165) is 10.1 Å². The Labute approximate surface area is 219 Å². The van der Waals surface area contributed by atoms with Crippen LogP contribution < -0.4 is 5.56 Å². The van der Waals surface area contributed by atoms with E-state index in [9.17, 15) is 24.8 Å². The molecule has 1 aliphatic rings. The highest BCUT2D eigenvalue weighted by atomic mass is 32.2. The predicted molar refractivity (Wildman–Crippen MR) is 143 cm³/mol. The maximum Gasteiger partial charge on any atom is 0.271 e. The van der Waals surface area contributed by atoms with Crippen molar-refractivity contribution >= 4 is 46.1 Å². The lowest BCUT2D eigenvalue weighted by Gasteiger charge is -2.17. The van der Waals surface area contributed by atoms with Crippen molar-refractivity contribution in [3.63, 3.8) is 0 Å². The van der Waals surface area contributed by atoms with Crippen LogP contribution in [0.4, 0.5) is 0 Å². The molecular formula is C26H27N3O5S2. The first kappa shape index (κ1) is 27.3. The first-order chi connectivity index (χ1) is 17.3. The Morgan fingerprint density at radius 1 is 1.22 bits per heavy atom. The van der Waals surface area contributed by atoms with Crippen molar-refractivity contribution in [2.75, 3.05) is 19.8 Å². The standard InChI is InChI=1S/C26H27N3O5S2/c1-3-34-14-8-13-28-23(31)19(16-27)17(2)22(25(28)33)20(30)11-7-12-29-24(32)21(36-26(29)35)15-18-9-5-4-6-10-18/h4-6,9-10,15,33H,3,7-8,11-14H2,1-2H3/b21-15-. The molecule has 188 valence electrons. The monoisotopic (exact) mass is 525 g/mol. The van der Waals surface area contributed by atoms with Gasteiger partial charge < -0.3 is 9.84 Å². The summed E-state index contributed by atoms with van der Waals surface area (Å²) in [6.07, 6.45) is 2.53. The van der Waals surface area contributed by atoms with Crippen molar-refractivity contribution < 1.29 is 19.4 Å². The van der Waals surface area contributed by atoms with Crippen LogP contribution in [0.25, 0.3) is 6.08 Å². The third-order valence-electron chi connectivity index (χ3n) is 5.71. The Balaban J connectivity index is 1.72. The van der Waals surface area contributed by atoms with Crippen molar-refractivity contribution in [1.82, 2.24) is 9.47 Å². The SMILES string of the molecule is CCOCCCn1c(O)c(C(=O)CCCN2C(=O)/C(=C/c3ccccc3)SC2=S)c(C)c(C#N)c1=O. The zero-order valence-electron chi connectivity index (χ0n) is 20.2. The minimum absolute atomic E-state index is 0.00517. The van der Waals surface area contributed by atoms with Gasteiger partial charge in [-0.15, -0.1) is 0 Å². The molecule has 1 aliphatic heterocycles. The molecule has 1 N–H and O–H groups in total. The summed E-state index contributed by atoms with van der Waals surface area (Å²) in [5, 5.41) is 20.3. The van der Waals surface area contributed by atoms with E-state index in [-0.39, 0.29) is 42.1 Å². The summed E-state index contributed by atoms with van der Waals surface area (Å²) in [7, 11) is 0. The number of hydrogen-bond donors (Lipinski definition) is 1. The number of aromatic hydroxyl groups is 1. The van der Waals surface area contributed by atoms with Crippen LogP contribution in [0, 0.1) is 18.3 Å². The molecule has 3 rings (SSSR count). The smallest absolute Gasteiger partial charge is 0.271 e. The number of benzene rings is 1. The number of Topliss-reactive ketones (excluding diaryl/α,β-unsaturated/α-hetero) is 1. The third-order valence-corrected chi connectivity index (χ3v) is 7.09. The number of hydrogen-bond acceptors (Lipinski definition) is 8. The molecule has 0 radical (unpaired) electrons. The van der Waals surface area contributed by atoms with Crippen LogP contribution >= 0.6 is 24.0 Å². The molecule has 0 spiro atoms. The number of carbonyl (C=O) groups excluding carboxylic acids is 2. The maximum absolute atomic E-state index is 13.1. The van der Waals surface area contributed by atoms with Gasteiger partial charge in [0.05, 0.1) is 10.5 Å². The molecule has 1 aromatic heterocycles. The highest BCUT2D eigenvalue weighted by molar-refractivity contribution is 8.26. The van der Waals surface area contributed by atoms with Gasteiger partial charge in [-0.3, -0.25) is 23.9 Å². The van der Waals surface area contributed by atoms with Crippen LogP contribution in [0.3, 0.4) is 0 Å². The summed E-state index contributed by atoms with van der Waals surface area (Å²) in [4.78, 5) is 40.5. The number of aromatic nitrogens is 1. The summed E-state index contributed by atoms with van der Waals surface area (Å²) >= 11 is 6.58. The van der Waals surface area contributed by atoms with E-state index in [0.29, 0.717) is 35.3 Å². The molecule has 0 bridgehead atoms. The van der Waals surface area contributed by atoms with Gasteiger partial charge in [-0.25, -0.2) is 0 Å². The molecule has 1 aromatic carbocycles. The van der Waals surface area contributed by atoms with E-state index in [1.54, 1.807) is 6.08 Å². The van der Waals surface area contributed by atoms with E-state index in [2.05, 4.69) is 0 Å². The first-order valence-corrected chi connectivity index (χ1v) is 12.8. The second kappa shape index (κ2) is 12.6. The molecule has 1 amide bonds. The Bertz CT molecular complexity index is 1300. The van der Waals surface area contributed by atoms with Crippen molar-refractivity contribution in [1.29, 1.82) is 5.26 Å². The summed E-state index contributed by atoms with van der Waals surface area (Å²) in [5.74, 6) is -1.07. The molecule has 1 saturated heterocycles. The normalized spacial score (nSPS) is 14.5. The van der Waals surface area contributed by atoms with Crippen molar-refractivity contribution in [2.45, 2.75) is 39.7 Å². The number of nitrogens with zero attached hydrogens (tertiary/aromatic N) is 3. The average Bonchev–Trinajstić information content (AvgIpc) is 3.11. The molecule has 0 saturated carbocycles. The zero-order valence-corrected chi connectivity index (χ0v) is 21.8. The number of thioether (sulfide) groups is 1. The molecule has 36 heavy (non-hydrogen) atoms. The van der Waals surface area contributed by atoms with Crippen LogP contribution in [0.1, 0.15) is 53.2 Å². The highest BCUT2D eigenvalue weighted by Crippen LogP contribution is 2.33. The minimum atomic E-state index is -0.636. The zero-order chi connectivity index (χ0) is 26.2. The van der Waals surface area contributed by atoms with Gasteiger partial charge in [-0.2, -0.15) is 5.26 Å². The summed E-state index contributed by atoms with van der Waals surface area (Å²) in [6.45, 7) is 4.58. The number of carbonyl (C=O) groups is 2. The van der Waals surface area contributed by atoms with Gasteiger partial charge in [0, 0.05) is 32.7 Å². The number of ketones is 1. The van der Waals surface area contributed by atoms with Gasteiger partial charge in [-0.1, -0.05) is 54.3 Å². The molecule has 0 unspecified atom stereocenters. The van der Waals surface area contributed by atoms with Crippen LogP contribution in [-0.2, 0) is 16.1 Å². The fourth-order valence-electron chi connectivity index (χ4n) is 3.88. The lowest BCUT2D eigenvalue weighted by molar-refractivity contribution is -0.122. The van der Waals surface area contributed by atoms with E-state index < -0.39 is 17.2 Å². The average molecular weight is 526 g/mol. The minimum Gasteiger partial charge on any atom is -0.494 e. The van der Waals surface area contributed by atoms with Gasteiger partial charge in [0.1, 0.15) is 16.0 Å². The Kier molecular flexibility index (Phi) is 9.58. The van der Waals surface area contributed by atoms with Crippen LogP contribution in [0.2, 0.25) is 0 Å². The molecule has 1 fully saturated rings. The number of amides is 1. The van der Waals surface area contributed by atoms with Crippen molar-refractivity contribution in [2.24, 2.45) is 0 Å². The van der Waals surface area contributed by atoms with E-state index >= 15 is 0 Å². The molecular weight excluding hydrogens is 498 g/mol. The lowest BCUT2D eigenvalue weighted by Crippen LogP contribution is -2.30. The lowest BCUT2D eigenvalue weighted by atomic mass is 9.99. The number of ether oxygens (including phenoxy) is 1. The fourth-order valence-corrected chi connectivity index (χ4v) is 5.19. The second-order valence-corrected chi connectivity index (χ2v) is 9.76. The number of rotatable bonds is 11. The van der Waals surface area contributed by atoms with E-state index in [1.807, 2.05) is 43.3 Å². The van der Waals surface area contributed by atoms with Crippen molar-refractivity contribution in [3.05, 3.63) is 67.8 Å². The summed E-state index contributed by atoms with van der Waals surface area (Å²) in [6, 6.07) is 11.3. The van der Waals surface area contributed by atoms with Crippen LogP contribution in [0.15, 0.2) is 40.0 Å². The number of nitriles is 1. The molecule has 0 aliphatic carbocycles. The Morgan fingerprint density at radius 3 is 2.61 bits per heavy atom. The van der Waals surface area contributed by atoms with E-state index in [4.69, 9.17) is 17.0 Å². The fraction of sp³-hybridized carbons (Fsp3) is 0.346. The molecule has 0 atom stereocenters.